The molecule has 1 aliphatic rings. The number of anilines is 2. The third-order valence-electron chi connectivity index (χ3n) is 2.49. The highest BCUT2D eigenvalue weighted by Crippen LogP contribution is 2.28. The largest absolute Gasteiger partial charge is 0.397 e. The van der Waals surface area contributed by atoms with Gasteiger partial charge in [0.25, 0.3) is 0 Å². The summed E-state index contributed by atoms with van der Waals surface area (Å²) in [6, 6.07) is 3.94. The number of nitrogens with two attached hydrogens (primary N) is 2. The molecule has 1 atom stereocenters. The van der Waals surface area contributed by atoms with Crippen molar-refractivity contribution in [2.45, 2.75) is 13.3 Å². The predicted octanol–water partition coefficient (Wildman–Crippen LogP) is 2.06. The van der Waals surface area contributed by atoms with Gasteiger partial charge in [-0.1, -0.05) is 19.1 Å². The number of fused-ring (bicyclic) bond motifs is 1. The first-order chi connectivity index (χ1) is 6.16. The van der Waals surface area contributed by atoms with Crippen LogP contribution in [0, 0.1) is 5.92 Å². The van der Waals surface area contributed by atoms with E-state index in [1.54, 1.807) is 0 Å². The Balaban J connectivity index is 2.52. The quantitative estimate of drug-likeness (QED) is 0.591. The molecule has 4 N–H and O–H groups in total. The topological polar surface area (TPSA) is 52.0 Å². The second-order valence-corrected chi connectivity index (χ2v) is 3.72. The van der Waals surface area contributed by atoms with Crippen molar-refractivity contribution in [1.29, 1.82) is 0 Å². The van der Waals surface area contributed by atoms with Gasteiger partial charge in [0.05, 0.1) is 11.4 Å². The maximum absolute atomic E-state index is 5.74. The van der Waals surface area contributed by atoms with Gasteiger partial charge in [-0.25, -0.2) is 0 Å². The number of nitrogen functional groups attached to an aromatic ring is 2. The molecule has 0 saturated heterocycles. The molecule has 2 nitrogen and oxygen atoms in total. The van der Waals surface area contributed by atoms with E-state index in [2.05, 4.69) is 19.1 Å². The molecule has 1 aromatic rings. The molecule has 68 valence electrons. The standard InChI is InChI=1S/C11H14N2/c1-7-2-3-8-5-10(12)11(13)6-9(8)4-7/h2-3,5-7H,4,12-13H2,1H3. The predicted molar refractivity (Wildman–Crippen MR) is 57.2 cm³/mol. The van der Waals surface area contributed by atoms with E-state index in [4.69, 9.17) is 11.5 Å². The summed E-state index contributed by atoms with van der Waals surface area (Å²) in [4.78, 5) is 0. The molecule has 2 rings (SSSR count). The molecule has 0 heterocycles. The van der Waals surface area contributed by atoms with E-state index >= 15 is 0 Å². The van der Waals surface area contributed by atoms with Gasteiger partial charge in [0.2, 0.25) is 0 Å². The normalized spacial score (nSPS) is 19.9. The molecule has 1 aliphatic carbocycles. The van der Waals surface area contributed by atoms with Crippen LogP contribution in [0.3, 0.4) is 0 Å². The van der Waals surface area contributed by atoms with Crippen molar-refractivity contribution >= 4 is 17.5 Å². The number of rotatable bonds is 0. The molecule has 0 radical (unpaired) electrons. The van der Waals surface area contributed by atoms with E-state index in [0.29, 0.717) is 17.3 Å². The van der Waals surface area contributed by atoms with Crippen molar-refractivity contribution < 1.29 is 0 Å². The maximum Gasteiger partial charge on any atom is 0.0553 e. The van der Waals surface area contributed by atoms with Crippen LogP contribution in [0.15, 0.2) is 18.2 Å². The van der Waals surface area contributed by atoms with Crippen LogP contribution in [-0.2, 0) is 6.42 Å². The molecule has 13 heavy (non-hydrogen) atoms. The Morgan fingerprint density at radius 2 is 1.92 bits per heavy atom. The number of allylic oxidation sites excluding steroid dienone is 1. The van der Waals surface area contributed by atoms with E-state index in [0.717, 1.165) is 6.42 Å². The van der Waals surface area contributed by atoms with E-state index in [1.165, 1.54) is 11.1 Å². The Kier molecular flexibility index (Phi) is 1.76. The highest BCUT2D eigenvalue weighted by molar-refractivity contribution is 5.72. The maximum atomic E-state index is 5.74. The van der Waals surface area contributed by atoms with Crippen molar-refractivity contribution in [3.63, 3.8) is 0 Å². The van der Waals surface area contributed by atoms with Gasteiger partial charge < -0.3 is 11.5 Å². The van der Waals surface area contributed by atoms with Crippen LogP contribution in [-0.4, -0.2) is 0 Å². The Morgan fingerprint density at radius 3 is 2.69 bits per heavy atom. The van der Waals surface area contributed by atoms with Gasteiger partial charge >= 0.3 is 0 Å². The molecule has 1 aromatic carbocycles. The van der Waals surface area contributed by atoms with Crippen molar-refractivity contribution in [1.82, 2.24) is 0 Å². The van der Waals surface area contributed by atoms with Gasteiger partial charge in [-0.05, 0) is 35.6 Å². The summed E-state index contributed by atoms with van der Waals surface area (Å²) in [5.41, 5.74) is 15.4. The van der Waals surface area contributed by atoms with Crippen LogP contribution in [0.1, 0.15) is 18.1 Å². The van der Waals surface area contributed by atoms with E-state index in [-0.39, 0.29) is 0 Å². The molecule has 1 unspecified atom stereocenters. The van der Waals surface area contributed by atoms with E-state index in [9.17, 15) is 0 Å². The van der Waals surface area contributed by atoms with E-state index < -0.39 is 0 Å². The Bertz CT molecular complexity index is 367. The van der Waals surface area contributed by atoms with Gasteiger partial charge in [-0.3, -0.25) is 0 Å². The highest BCUT2D eigenvalue weighted by atomic mass is 14.7. The first kappa shape index (κ1) is 8.17. The zero-order valence-electron chi connectivity index (χ0n) is 7.75. The van der Waals surface area contributed by atoms with E-state index in [1.807, 2.05) is 12.1 Å². The second kappa shape index (κ2) is 2.80. The monoisotopic (exact) mass is 174 g/mol. The van der Waals surface area contributed by atoms with Gasteiger partial charge in [0.15, 0.2) is 0 Å². The lowest BCUT2D eigenvalue weighted by molar-refractivity contribution is 0.717. The smallest absolute Gasteiger partial charge is 0.0553 e. The minimum Gasteiger partial charge on any atom is -0.397 e. The summed E-state index contributed by atoms with van der Waals surface area (Å²) < 4.78 is 0. The minimum absolute atomic E-state index is 0.607. The van der Waals surface area contributed by atoms with Crippen molar-refractivity contribution in [2.75, 3.05) is 11.5 Å². The average Bonchev–Trinajstić information content (AvgIpc) is 2.08. The summed E-state index contributed by atoms with van der Waals surface area (Å²) in [7, 11) is 0. The van der Waals surface area contributed by atoms with Crippen LogP contribution in [0.25, 0.3) is 6.08 Å². The number of benzene rings is 1. The zero-order chi connectivity index (χ0) is 9.42. The van der Waals surface area contributed by atoms with Crippen molar-refractivity contribution in [2.24, 2.45) is 5.92 Å². The molecule has 0 aromatic heterocycles. The zero-order valence-corrected chi connectivity index (χ0v) is 7.75. The van der Waals surface area contributed by atoms with Crippen molar-refractivity contribution in [3.8, 4) is 0 Å². The van der Waals surface area contributed by atoms with Gasteiger partial charge in [0, 0.05) is 0 Å². The van der Waals surface area contributed by atoms with Gasteiger partial charge in [0.1, 0.15) is 0 Å². The van der Waals surface area contributed by atoms with Gasteiger partial charge in [-0.2, -0.15) is 0 Å². The third kappa shape index (κ3) is 1.39. The molecular weight excluding hydrogens is 160 g/mol. The Hall–Kier alpha value is -1.44. The second-order valence-electron chi connectivity index (χ2n) is 3.72. The van der Waals surface area contributed by atoms with Crippen molar-refractivity contribution in [3.05, 3.63) is 29.3 Å². The summed E-state index contributed by atoms with van der Waals surface area (Å²) >= 11 is 0. The fraction of sp³-hybridized carbons (Fsp3) is 0.273. The molecule has 0 amide bonds. The van der Waals surface area contributed by atoms with Crippen LogP contribution < -0.4 is 11.5 Å². The first-order valence-corrected chi connectivity index (χ1v) is 4.53. The SMILES string of the molecule is CC1C=Cc2cc(N)c(N)cc2C1. The first-order valence-electron chi connectivity index (χ1n) is 4.53. The highest BCUT2D eigenvalue weighted by Gasteiger charge is 2.11. The Labute approximate surface area is 78.2 Å². The lowest BCUT2D eigenvalue weighted by Crippen LogP contribution is -2.05. The molecule has 0 fully saturated rings. The molecule has 0 saturated carbocycles. The fourth-order valence-corrected chi connectivity index (χ4v) is 1.71. The lowest BCUT2D eigenvalue weighted by Gasteiger charge is -2.16. The third-order valence-corrected chi connectivity index (χ3v) is 2.49. The van der Waals surface area contributed by atoms with Crippen LogP contribution in [0.2, 0.25) is 0 Å². The Morgan fingerprint density at radius 1 is 1.23 bits per heavy atom. The lowest BCUT2D eigenvalue weighted by atomic mass is 9.90. The summed E-state index contributed by atoms with van der Waals surface area (Å²) in [5.74, 6) is 0.607. The fourth-order valence-electron chi connectivity index (χ4n) is 1.71. The summed E-state index contributed by atoms with van der Waals surface area (Å²) in [6.45, 7) is 2.20. The van der Waals surface area contributed by atoms with Crippen LogP contribution >= 0.6 is 0 Å². The molecule has 0 aliphatic heterocycles. The minimum atomic E-state index is 0.607. The summed E-state index contributed by atoms with van der Waals surface area (Å²) in [6.07, 6.45) is 5.40. The number of hydrogen-bond donors (Lipinski definition) is 2. The van der Waals surface area contributed by atoms with Gasteiger partial charge in [-0.15, -0.1) is 0 Å². The molecular formula is C11H14N2. The molecule has 0 bridgehead atoms. The number of hydrogen-bond acceptors (Lipinski definition) is 2. The van der Waals surface area contributed by atoms with Crippen LogP contribution in [0.4, 0.5) is 11.4 Å². The average molecular weight is 174 g/mol. The summed E-state index contributed by atoms with van der Waals surface area (Å²) in [5, 5.41) is 0. The van der Waals surface area contributed by atoms with Crippen LogP contribution in [0.5, 0.6) is 0 Å². The molecule has 0 spiro atoms. The molecule has 2 heteroatoms.